The number of esters is 1. The summed E-state index contributed by atoms with van der Waals surface area (Å²) in [5, 5.41) is 0. The van der Waals surface area contributed by atoms with Crippen LogP contribution in [0.15, 0.2) is 18.2 Å². The monoisotopic (exact) mass is 258 g/mol. The molecule has 0 unspecified atom stereocenters. The fraction of sp³-hybridized carbons (Fsp3) is 0.267. The molecule has 0 fully saturated rings. The van der Waals surface area contributed by atoms with Gasteiger partial charge in [-0.3, -0.25) is 4.79 Å². The van der Waals surface area contributed by atoms with Crippen LogP contribution in [0.1, 0.15) is 12.5 Å². The molecular formula is C15H14O4. The van der Waals surface area contributed by atoms with Crippen LogP contribution in [0.3, 0.4) is 0 Å². The summed E-state index contributed by atoms with van der Waals surface area (Å²) in [7, 11) is 0. The van der Waals surface area contributed by atoms with Gasteiger partial charge in [-0.15, -0.1) is 12.8 Å². The Morgan fingerprint density at radius 2 is 1.63 bits per heavy atom. The highest BCUT2D eigenvalue weighted by Gasteiger charge is 2.04. The molecule has 98 valence electrons. The van der Waals surface area contributed by atoms with E-state index >= 15 is 0 Å². The molecule has 0 aliphatic heterocycles. The van der Waals surface area contributed by atoms with E-state index < -0.39 is 0 Å². The van der Waals surface area contributed by atoms with Gasteiger partial charge in [-0.1, -0.05) is 11.8 Å². The zero-order chi connectivity index (χ0) is 14.1. The molecule has 0 aliphatic rings. The topological polar surface area (TPSA) is 44.8 Å². The lowest BCUT2D eigenvalue weighted by Gasteiger charge is -2.10. The molecule has 0 bridgehead atoms. The van der Waals surface area contributed by atoms with Crippen molar-refractivity contribution >= 4 is 5.97 Å². The van der Waals surface area contributed by atoms with Gasteiger partial charge in [0.15, 0.2) is 0 Å². The highest BCUT2D eigenvalue weighted by atomic mass is 16.5. The number of rotatable bonds is 6. The van der Waals surface area contributed by atoms with Crippen molar-refractivity contribution in [2.75, 3.05) is 13.2 Å². The minimum atomic E-state index is -0.360. The zero-order valence-electron chi connectivity index (χ0n) is 10.6. The van der Waals surface area contributed by atoms with Crippen molar-refractivity contribution in [3.05, 3.63) is 23.8 Å². The first kappa shape index (κ1) is 14.5. The van der Waals surface area contributed by atoms with Crippen molar-refractivity contribution in [1.29, 1.82) is 0 Å². The van der Waals surface area contributed by atoms with E-state index in [0.29, 0.717) is 11.5 Å². The average molecular weight is 258 g/mol. The van der Waals surface area contributed by atoms with Crippen molar-refractivity contribution in [2.45, 2.75) is 13.5 Å². The van der Waals surface area contributed by atoms with Crippen LogP contribution in [0.2, 0.25) is 0 Å². The van der Waals surface area contributed by atoms with Crippen LogP contribution < -0.4 is 9.47 Å². The molecule has 19 heavy (non-hydrogen) atoms. The van der Waals surface area contributed by atoms with Crippen LogP contribution in [0.25, 0.3) is 0 Å². The summed E-state index contributed by atoms with van der Waals surface area (Å²) in [4.78, 5) is 10.8. The van der Waals surface area contributed by atoms with Gasteiger partial charge in [0.25, 0.3) is 0 Å². The molecule has 0 aromatic heterocycles. The molecule has 0 heterocycles. The molecular weight excluding hydrogens is 244 g/mol. The predicted molar refractivity (Wildman–Crippen MR) is 70.6 cm³/mol. The lowest BCUT2D eigenvalue weighted by Crippen LogP contribution is -2.02. The minimum Gasteiger partial charge on any atom is -0.481 e. The first-order valence-electron chi connectivity index (χ1n) is 5.55. The summed E-state index contributed by atoms with van der Waals surface area (Å²) >= 11 is 0. The molecule has 0 saturated carbocycles. The number of benzene rings is 1. The highest BCUT2D eigenvalue weighted by molar-refractivity contribution is 5.66. The fourth-order valence-electron chi connectivity index (χ4n) is 1.32. The van der Waals surface area contributed by atoms with Gasteiger partial charge in [-0.05, 0) is 17.7 Å². The third kappa shape index (κ3) is 5.52. The van der Waals surface area contributed by atoms with Crippen LogP contribution in [-0.4, -0.2) is 19.2 Å². The lowest BCUT2D eigenvalue weighted by molar-refractivity contribution is -0.142. The summed E-state index contributed by atoms with van der Waals surface area (Å²) in [6, 6.07) is 5.12. The van der Waals surface area contributed by atoms with Gasteiger partial charge in [-0.2, -0.15) is 0 Å². The maximum absolute atomic E-state index is 10.8. The number of hydrogen-bond acceptors (Lipinski definition) is 4. The van der Waals surface area contributed by atoms with E-state index in [1.54, 1.807) is 18.2 Å². The smallest absolute Gasteiger partial charge is 0.302 e. The van der Waals surface area contributed by atoms with Crippen molar-refractivity contribution < 1.29 is 19.0 Å². The van der Waals surface area contributed by atoms with Crippen molar-refractivity contribution in [1.82, 2.24) is 0 Å². The molecule has 4 nitrogen and oxygen atoms in total. The Kier molecular flexibility index (Phi) is 5.85. The predicted octanol–water partition coefficient (Wildman–Crippen LogP) is 1.77. The van der Waals surface area contributed by atoms with Gasteiger partial charge in [-0.25, -0.2) is 0 Å². The van der Waals surface area contributed by atoms with Crippen LogP contribution in [0.5, 0.6) is 11.5 Å². The second-order valence-corrected chi connectivity index (χ2v) is 3.58. The van der Waals surface area contributed by atoms with E-state index in [-0.39, 0.29) is 25.8 Å². The molecule has 0 N–H and O–H groups in total. The molecule has 0 aliphatic carbocycles. The van der Waals surface area contributed by atoms with Crippen LogP contribution in [-0.2, 0) is 16.1 Å². The van der Waals surface area contributed by atoms with E-state index in [1.165, 1.54) is 6.92 Å². The van der Waals surface area contributed by atoms with Crippen LogP contribution in [0, 0.1) is 24.7 Å². The first-order chi connectivity index (χ1) is 9.15. The first-order valence-corrected chi connectivity index (χ1v) is 5.55. The van der Waals surface area contributed by atoms with Crippen molar-refractivity contribution in [2.24, 2.45) is 0 Å². The molecule has 0 saturated heterocycles. The van der Waals surface area contributed by atoms with Gasteiger partial charge in [0.05, 0.1) is 0 Å². The van der Waals surface area contributed by atoms with Gasteiger partial charge < -0.3 is 14.2 Å². The molecule has 0 atom stereocenters. The van der Waals surface area contributed by atoms with Gasteiger partial charge in [0.1, 0.15) is 31.3 Å². The number of carbonyl (C=O) groups excluding carboxylic acids is 1. The molecule has 1 rings (SSSR count). The Balaban J connectivity index is 2.85. The number of carbonyl (C=O) groups is 1. The summed E-state index contributed by atoms with van der Waals surface area (Å²) < 4.78 is 15.5. The van der Waals surface area contributed by atoms with E-state index in [0.717, 1.165) is 5.56 Å². The molecule has 0 spiro atoms. The average Bonchev–Trinajstić information content (AvgIpc) is 2.40. The molecule has 4 heteroatoms. The molecule has 0 radical (unpaired) electrons. The summed E-state index contributed by atoms with van der Waals surface area (Å²) in [6.07, 6.45) is 10.3. The maximum atomic E-state index is 10.8. The molecule has 0 amide bonds. The normalized spacial score (nSPS) is 9.00. The van der Waals surface area contributed by atoms with Gasteiger partial charge in [0, 0.05) is 13.0 Å². The Labute approximate surface area is 112 Å². The SMILES string of the molecule is C#CCOc1cc(COC(C)=O)cc(OCC#C)c1. The van der Waals surface area contributed by atoms with E-state index in [2.05, 4.69) is 11.8 Å². The Hall–Kier alpha value is -2.59. The number of ether oxygens (including phenoxy) is 3. The molecule has 1 aromatic carbocycles. The van der Waals surface area contributed by atoms with Crippen molar-refractivity contribution in [3.63, 3.8) is 0 Å². The lowest BCUT2D eigenvalue weighted by atomic mass is 10.2. The Bertz CT molecular complexity index is 484. The zero-order valence-corrected chi connectivity index (χ0v) is 10.6. The molecule has 1 aromatic rings. The van der Waals surface area contributed by atoms with Crippen molar-refractivity contribution in [3.8, 4) is 36.2 Å². The summed E-state index contributed by atoms with van der Waals surface area (Å²) in [5.74, 6) is 5.45. The highest BCUT2D eigenvalue weighted by Crippen LogP contribution is 2.23. The standard InChI is InChI=1S/C15H14O4/c1-4-6-17-14-8-13(11-19-12(3)16)9-15(10-14)18-7-5-2/h1-2,8-10H,6-7,11H2,3H3. The maximum Gasteiger partial charge on any atom is 0.302 e. The second-order valence-electron chi connectivity index (χ2n) is 3.58. The number of terminal acetylenes is 2. The third-order valence-corrected chi connectivity index (χ3v) is 2.03. The minimum absolute atomic E-state index is 0.134. The summed E-state index contributed by atoms with van der Waals surface area (Å²) in [6.45, 7) is 1.76. The quantitative estimate of drug-likeness (QED) is 0.576. The third-order valence-electron chi connectivity index (χ3n) is 2.03. The van der Waals surface area contributed by atoms with E-state index in [9.17, 15) is 4.79 Å². The largest absolute Gasteiger partial charge is 0.481 e. The number of hydrogen-bond donors (Lipinski definition) is 0. The second kappa shape index (κ2) is 7.68. The van der Waals surface area contributed by atoms with Crippen LogP contribution in [0.4, 0.5) is 0 Å². The Morgan fingerprint density at radius 1 is 1.11 bits per heavy atom. The van der Waals surface area contributed by atoms with Gasteiger partial charge in [0.2, 0.25) is 0 Å². The summed E-state index contributed by atoms with van der Waals surface area (Å²) in [5.41, 5.74) is 0.733. The van der Waals surface area contributed by atoms with E-state index in [1.807, 2.05) is 0 Å². The Morgan fingerprint density at radius 3 is 2.05 bits per heavy atom. The van der Waals surface area contributed by atoms with E-state index in [4.69, 9.17) is 27.1 Å². The van der Waals surface area contributed by atoms with Crippen LogP contribution >= 0.6 is 0 Å². The fourth-order valence-corrected chi connectivity index (χ4v) is 1.32. The van der Waals surface area contributed by atoms with Gasteiger partial charge >= 0.3 is 5.97 Å².